The van der Waals surface area contributed by atoms with E-state index in [2.05, 4.69) is 15.0 Å². The van der Waals surface area contributed by atoms with E-state index in [9.17, 15) is 18.0 Å². The highest BCUT2D eigenvalue weighted by Gasteiger charge is 2.38. The second-order valence-electron chi connectivity index (χ2n) is 3.26. The van der Waals surface area contributed by atoms with E-state index in [0.717, 1.165) is 0 Å². The Morgan fingerprint density at radius 2 is 1.95 bits per heavy atom. The van der Waals surface area contributed by atoms with Crippen molar-refractivity contribution in [2.24, 2.45) is 0 Å². The molecule has 7 nitrogen and oxygen atoms in total. The van der Waals surface area contributed by atoms with Crippen LogP contribution in [-0.4, -0.2) is 32.2 Å². The number of halogens is 3. The Morgan fingerprint density at radius 1 is 1.35 bits per heavy atom. The smallest absolute Gasteiger partial charge is 0.475 e. The van der Waals surface area contributed by atoms with Gasteiger partial charge in [-0.3, -0.25) is 4.98 Å². The van der Waals surface area contributed by atoms with Crippen LogP contribution in [0.4, 0.5) is 13.2 Å². The van der Waals surface area contributed by atoms with Gasteiger partial charge in [0.25, 0.3) is 0 Å². The molecule has 2 heterocycles. The summed E-state index contributed by atoms with van der Waals surface area (Å²) in [4.78, 5) is 29.5. The number of aromatic nitrogens is 3. The van der Waals surface area contributed by atoms with Gasteiger partial charge in [-0.05, 0) is 6.07 Å². The molecular formula is C10H5F3N4O3. The first-order valence-electron chi connectivity index (χ1n) is 4.79. The van der Waals surface area contributed by atoms with Crippen LogP contribution >= 0.6 is 0 Å². The van der Waals surface area contributed by atoms with Gasteiger partial charge in [-0.2, -0.15) is 18.4 Å². The van der Waals surface area contributed by atoms with Crippen molar-refractivity contribution in [1.82, 2.24) is 15.0 Å². The van der Waals surface area contributed by atoms with Gasteiger partial charge in [-0.1, -0.05) is 0 Å². The van der Waals surface area contributed by atoms with Crippen molar-refractivity contribution in [1.29, 1.82) is 5.26 Å². The lowest BCUT2D eigenvalue weighted by Gasteiger charge is -1.94. The van der Waals surface area contributed by atoms with Crippen molar-refractivity contribution < 1.29 is 23.1 Å². The molecule has 0 spiro atoms. The normalized spacial score (nSPS) is 10.3. The van der Waals surface area contributed by atoms with Gasteiger partial charge in [-0.15, -0.1) is 0 Å². The molecule has 2 rings (SSSR count). The van der Waals surface area contributed by atoms with Gasteiger partial charge in [-0.25, -0.2) is 19.6 Å². The number of aromatic amines is 1. The van der Waals surface area contributed by atoms with Crippen LogP contribution in [0.2, 0.25) is 0 Å². The SMILES string of the molecule is N#Cc1cnc2[nH]c(=O)ncc2c1.O=C(O)C(F)(F)F. The summed E-state index contributed by atoms with van der Waals surface area (Å²) in [7, 11) is 0. The minimum absolute atomic E-state index is 0.440. The molecule has 0 unspecified atom stereocenters. The highest BCUT2D eigenvalue weighted by atomic mass is 19.4. The van der Waals surface area contributed by atoms with Crippen LogP contribution in [0.15, 0.2) is 23.3 Å². The Morgan fingerprint density at radius 3 is 2.45 bits per heavy atom. The van der Waals surface area contributed by atoms with Gasteiger partial charge in [0.1, 0.15) is 11.7 Å². The second kappa shape index (κ2) is 5.79. The van der Waals surface area contributed by atoms with Crippen LogP contribution in [0.3, 0.4) is 0 Å². The predicted molar refractivity (Wildman–Crippen MR) is 58.6 cm³/mol. The first kappa shape index (κ1) is 15.1. The summed E-state index contributed by atoms with van der Waals surface area (Å²) >= 11 is 0. The number of carboxylic acid groups (broad SMARTS) is 1. The van der Waals surface area contributed by atoms with Gasteiger partial charge in [0.05, 0.1) is 5.56 Å². The van der Waals surface area contributed by atoms with Gasteiger partial charge < -0.3 is 5.11 Å². The second-order valence-corrected chi connectivity index (χ2v) is 3.26. The number of nitrogens with zero attached hydrogens (tertiary/aromatic N) is 3. The summed E-state index contributed by atoms with van der Waals surface area (Å²) in [5, 5.41) is 16.3. The van der Waals surface area contributed by atoms with Gasteiger partial charge in [0, 0.05) is 17.8 Å². The van der Waals surface area contributed by atoms with E-state index >= 15 is 0 Å². The van der Waals surface area contributed by atoms with E-state index in [4.69, 9.17) is 15.2 Å². The van der Waals surface area contributed by atoms with Crippen LogP contribution in [-0.2, 0) is 4.79 Å². The average molecular weight is 286 g/mol. The molecule has 20 heavy (non-hydrogen) atoms. The first-order valence-corrected chi connectivity index (χ1v) is 4.79. The van der Waals surface area contributed by atoms with E-state index in [-0.39, 0.29) is 0 Å². The van der Waals surface area contributed by atoms with E-state index in [1.807, 2.05) is 6.07 Å². The number of carboxylic acids is 1. The average Bonchev–Trinajstić information content (AvgIpc) is 2.37. The third kappa shape index (κ3) is 4.05. The largest absolute Gasteiger partial charge is 0.490 e. The van der Waals surface area contributed by atoms with Crippen LogP contribution in [0.25, 0.3) is 11.0 Å². The summed E-state index contributed by atoms with van der Waals surface area (Å²) in [6.07, 6.45) is -2.29. The molecule has 0 radical (unpaired) electrons. The molecule has 2 N–H and O–H groups in total. The fraction of sp³-hybridized carbons (Fsp3) is 0.100. The molecule has 10 heteroatoms. The molecule has 0 saturated heterocycles. The Labute approximate surface area is 108 Å². The molecule has 0 aromatic carbocycles. The molecule has 0 atom stereocenters. The number of pyridine rings is 1. The van der Waals surface area contributed by atoms with E-state index < -0.39 is 17.8 Å². The lowest BCUT2D eigenvalue weighted by Crippen LogP contribution is -2.21. The summed E-state index contributed by atoms with van der Waals surface area (Å²) in [5.74, 6) is -2.76. The quantitative estimate of drug-likeness (QED) is 0.739. The molecule has 0 aliphatic heterocycles. The molecule has 0 amide bonds. The molecule has 104 valence electrons. The number of alkyl halides is 3. The van der Waals surface area contributed by atoms with Gasteiger partial charge in [0.2, 0.25) is 0 Å². The van der Waals surface area contributed by atoms with Gasteiger partial charge in [0.15, 0.2) is 0 Å². The molecule has 2 aromatic heterocycles. The molecule has 0 saturated carbocycles. The molecule has 2 aromatic rings. The Bertz CT molecular complexity index is 733. The van der Waals surface area contributed by atoms with E-state index in [0.29, 0.717) is 16.6 Å². The van der Waals surface area contributed by atoms with Crippen LogP contribution in [0.5, 0.6) is 0 Å². The maximum atomic E-state index is 10.8. The minimum Gasteiger partial charge on any atom is -0.475 e. The standard InChI is InChI=1S/C8H4N4O.C2HF3O2/c9-2-5-1-6-4-11-8(13)12-7(6)10-3-5;3-2(4,5)1(6)7/h1,3-4H,(H,10,11,12,13);(H,6,7). The summed E-state index contributed by atoms with van der Waals surface area (Å²) in [5.41, 5.74) is 0.449. The number of rotatable bonds is 0. The zero-order valence-corrected chi connectivity index (χ0v) is 9.47. The van der Waals surface area contributed by atoms with Crippen LogP contribution < -0.4 is 5.69 Å². The van der Waals surface area contributed by atoms with Crippen molar-refractivity contribution in [2.45, 2.75) is 6.18 Å². The number of aliphatic carboxylic acids is 1. The van der Waals surface area contributed by atoms with Crippen LogP contribution in [0.1, 0.15) is 5.56 Å². The fourth-order valence-electron chi connectivity index (χ4n) is 1.01. The summed E-state index contributed by atoms with van der Waals surface area (Å²) < 4.78 is 31.7. The number of nitriles is 1. The Kier molecular flexibility index (Phi) is 4.37. The number of fused-ring (bicyclic) bond motifs is 1. The number of H-pyrrole nitrogens is 1. The monoisotopic (exact) mass is 286 g/mol. The zero-order valence-electron chi connectivity index (χ0n) is 9.47. The Hall–Kier alpha value is -2.96. The summed E-state index contributed by atoms with van der Waals surface area (Å²) in [6.45, 7) is 0. The fourth-order valence-corrected chi connectivity index (χ4v) is 1.01. The first-order chi connectivity index (χ1) is 9.24. The van der Waals surface area contributed by atoms with Crippen molar-refractivity contribution in [3.8, 4) is 6.07 Å². The minimum atomic E-state index is -5.08. The van der Waals surface area contributed by atoms with Crippen LogP contribution in [0, 0.1) is 11.3 Å². The number of carbonyl (C=O) groups is 1. The number of hydrogen-bond donors (Lipinski definition) is 2. The topological polar surface area (TPSA) is 120 Å². The van der Waals surface area contributed by atoms with Gasteiger partial charge >= 0.3 is 17.8 Å². The lowest BCUT2D eigenvalue weighted by atomic mass is 10.2. The maximum Gasteiger partial charge on any atom is 0.490 e. The van der Waals surface area contributed by atoms with Crippen molar-refractivity contribution in [3.05, 3.63) is 34.5 Å². The highest BCUT2D eigenvalue weighted by molar-refractivity contribution is 5.74. The Balaban J connectivity index is 0.000000246. The maximum absolute atomic E-state index is 10.8. The molecule has 0 aliphatic carbocycles. The zero-order chi connectivity index (χ0) is 15.3. The van der Waals surface area contributed by atoms with Crippen molar-refractivity contribution >= 4 is 17.0 Å². The lowest BCUT2D eigenvalue weighted by molar-refractivity contribution is -0.192. The molecular weight excluding hydrogens is 281 g/mol. The third-order valence-corrected chi connectivity index (χ3v) is 1.83. The molecule has 0 bridgehead atoms. The molecule has 0 aliphatic rings. The number of hydrogen-bond acceptors (Lipinski definition) is 5. The van der Waals surface area contributed by atoms with E-state index in [1.54, 1.807) is 6.07 Å². The van der Waals surface area contributed by atoms with Crippen molar-refractivity contribution in [3.63, 3.8) is 0 Å². The third-order valence-electron chi connectivity index (χ3n) is 1.83. The summed E-state index contributed by atoms with van der Waals surface area (Å²) in [6, 6.07) is 3.57. The molecule has 0 fully saturated rings. The number of nitrogens with one attached hydrogen (secondary N) is 1. The highest BCUT2D eigenvalue weighted by Crippen LogP contribution is 2.13. The van der Waals surface area contributed by atoms with Crippen molar-refractivity contribution in [2.75, 3.05) is 0 Å². The predicted octanol–water partition coefficient (Wildman–Crippen LogP) is 0.823. The van der Waals surface area contributed by atoms with E-state index in [1.165, 1.54) is 12.4 Å².